The van der Waals surface area contributed by atoms with Crippen molar-refractivity contribution in [2.45, 2.75) is 18.9 Å². The van der Waals surface area contributed by atoms with Gasteiger partial charge in [0.05, 0.1) is 5.69 Å². The number of hydrogen-bond acceptors (Lipinski definition) is 5. The number of carboxylic acid groups (broad SMARTS) is 2. The molecule has 2 atom stereocenters. The van der Waals surface area contributed by atoms with Gasteiger partial charge in [-0.2, -0.15) is 0 Å². The number of pyridine rings is 1. The molecule has 0 bridgehead atoms. The van der Waals surface area contributed by atoms with Gasteiger partial charge in [-0.25, -0.2) is 9.59 Å². The van der Waals surface area contributed by atoms with Crippen LogP contribution < -0.4 is 0 Å². The van der Waals surface area contributed by atoms with Gasteiger partial charge in [0.2, 0.25) is 0 Å². The van der Waals surface area contributed by atoms with Gasteiger partial charge in [0.15, 0.2) is 0 Å². The first-order chi connectivity index (χ1) is 15.7. The number of nitrogens with zero attached hydrogens (tertiary/aromatic N) is 2. The van der Waals surface area contributed by atoms with Crippen molar-refractivity contribution < 1.29 is 24.9 Å². The lowest BCUT2D eigenvalue weighted by molar-refractivity contribution is -0.159. The zero-order valence-electron chi connectivity index (χ0n) is 18.8. The van der Waals surface area contributed by atoms with E-state index in [4.69, 9.17) is 19.8 Å². The lowest BCUT2D eigenvalue weighted by Gasteiger charge is -2.36. The highest BCUT2D eigenvalue weighted by atomic mass is 16.4. The lowest BCUT2D eigenvalue weighted by Crippen LogP contribution is -2.42. The van der Waals surface area contributed by atoms with Crippen LogP contribution in [0.4, 0.5) is 0 Å². The van der Waals surface area contributed by atoms with E-state index in [-0.39, 0.29) is 5.92 Å². The minimum absolute atomic E-state index is 0.0180. The number of aliphatic carboxylic acids is 2. The molecule has 0 radical (unpaired) electrons. The molecule has 0 saturated heterocycles. The Kier molecular flexibility index (Phi) is 9.72. The third kappa shape index (κ3) is 7.52. The van der Waals surface area contributed by atoms with E-state index in [1.807, 2.05) is 54.6 Å². The molecule has 174 valence electrons. The van der Waals surface area contributed by atoms with Gasteiger partial charge < -0.3 is 20.2 Å². The van der Waals surface area contributed by atoms with E-state index in [0.717, 1.165) is 25.1 Å². The average Bonchev–Trinajstić information content (AvgIpc) is 2.84. The maximum atomic E-state index is 11.8. The number of carboxylic acids is 2. The highest BCUT2D eigenvalue weighted by Crippen LogP contribution is 2.36. The highest BCUT2D eigenvalue weighted by Gasteiger charge is 2.39. The first kappa shape index (κ1) is 25.7. The molecule has 7 nitrogen and oxygen atoms in total. The number of rotatable bonds is 8. The maximum absolute atomic E-state index is 11.8. The average molecular weight is 451 g/mol. The van der Waals surface area contributed by atoms with Crippen molar-refractivity contribution in [3.63, 3.8) is 0 Å². The molecule has 0 aliphatic carbocycles. The first-order valence-electron chi connectivity index (χ1n) is 10.6. The van der Waals surface area contributed by atoms with Crippen LogP contribution in [0.25, 0.3) is 0 Å². The van der Waals surface area contributed by atoms with Gasteiger partial charge in [-0.1, -0.05) is 73.7 Å². The monoisotopic (exact) mass is 450 g/mol. The zero-order valence-corrected chi connectivity index (χ0v) is 18.8. The summed E-state index contributed by atoms with van der Waals surface area (Å²) in [5, 5.41) is 26.5. The molecular formula is C26H30N2O5. The highest BCUT2D eigenvalue weighted by molar-refractivity contribution is 6.27. The predicted octanol–water partition coefficient (Wildman–Crippen LogP) is 3.28. The molecule has 3 rings (SSSR count). The lowest BCUT2D eigenvalue weighted by atomic mass is 9.79. The number of aromatic nitrogens is 1. The Hall–Kier alpha value is -3.55. The summed E-state index contributed by atoms with van der Waals surface area (Å²) in [6.07, 6.45) is 2.74. The van der Waals surface area contributed by atoms with E-state index in [0.29, 0.717) is 5.69 Å². The van der Waals surface area contributed by atoms with Crippen LogP contribution in [0, 0.1) is 5.92 Å². The molecule has 7 heteroatoms. The Morgan fingerprint density at radius 1 is 0.909 bits per heavy atom. The quantitative estimate of drug-likeness (QED) is 0.452. The smallest absolute Gasteiger partial charge is 0.414 e. The fraction of sp³-hybridized carbons (Fsp3) is 0.269. The summed E-state index contributed by atoms with van der Waals surface area (Å²) in [6.45, 7) is 3.82. The minimum atomic E-state index is -1.82. The number of benzene rings is 2. The van der Waals surface area contributed by atoms with Crippen LogP contribution in [0.5, 0.6) is 0 Å². The van der Waals surface area contributed by atoms with Crippen LogP contribution in [0.15, 0.2) is 85.1 Å². The summed E-state index contributed by atoms with van der Waals surface area (Å²) in [7, 11) is 2.11. The molecule has 0 aliphatic heterocycles. The van der Waals surface area contributed by atoms with Crippen LogP contribution in [0.1, 0.15) is 23.7 Å². The van der Waals surface area contributed by atoms with Gasteiger partial charge in [-0.05, 0) is 36.7 Å². The Bertz CT molecular complexity index is 945. The normalized spacial score (nSPS) is 13.3. The number of hydrogen-bond donors (Lipinski definition) is 3. The van der Waals surface area contributed by atoms with E-state index in [9.17, 15) is 5.11 Å². The molecule has 2 unspecified atom stereocenters. The van der Waals surface area contributed by atoms with Crippen molar-refractivity contribution in [2.75, 3.05) is 20.1 Å². The van der Waals surface area contributed by atoms with Crippen LogP contribution in [-0.2, 0) is 21.6 Å². The molecule has 1 aromatic heterocycles. The van der Waals surface area contributed by atoms with Crippen molar-refractivity contribution in [3.8, 4) is 0 Å². The van der Waals surface area contributed by atoms with Crippen molar-refractivity contribution in [1.82, 2.24) is 9.88 Å². The van der Waals surface area contributed by atoms with E-state index in [1.165, 1.54) is 5.56 Å². The largest absolute Gasteiger partial charge is 0.473 e. The summed E-state index contributed by atoms with van der Waals surface area (Å²) in [5.41, 5.74) is 1.79. The fourth-order valence-electron chi connectivity index (χ4n) is 3.62. The second-order valence-corrected chi connectivity index (χ2v) is 7.86. The molecule has 1 heterocycles. The molecule has 0 saturated carbocycles. The second-order valence-electron chi connectivity index (χ2n) is 7.86. The van der Waals surface area contributed by atoms with Gasteiger partial charge in [0.25, 0.3) is 0 Å². The van der Waals surface area contributed by atoms with Gasteiger partial charge >= 0.3 is 11.9 Å². The molecule has 0 aliphatic rings. The number of aliphatic hydroxyl groups is 1. The van der Waals surface area contributed by atoms with Gasteiger partial charge in [0.1, 0.15) is 5.60 Å². The van der Waals surface area contributed by atoms with E-state index in [1.54, 1.807) is 6.20 Å². The zero-order chi connectivity index (χ0) is 24.3. The fourth-order valence-corrected chi connectivity index (χ4v) is 3.62. The number of likely N-dealkylation sites (N-methyl/N-ethyl adjacent to an activating group) is 1. The molecule has 2 aromatic carbocycles. The Labute approximate surface area is 194 Å². The summed E-state index contributed by atoms with van der Waals surface area (Å²) in [6, 6.07) is 26.1. The topological polar surface area (TPSA) is 111 Å². The molecular weight excluding hydrogens is 420 g/mol. The van der Waals surface area contributed by atoms with Gasteiger partial charge in [-0.3, -0.25) is 4.98 Å². The third-order valence-electron chi connectivity index (χ3n) is 5.38. The molecule has 0 fully saturated rings. The van der Waals surface area contributed by atoms with Crippen LogP contribution in [-0.4, -0.2) is 57.3 Å². The van der Waals surface area contributed by atoms with Gasteiger partial charge in [-0.15, -0.1) is 0 Å². The maximum Gasteiger partial charge on any atom is 0.414 e. The molecule has 0 amide bonds. The molecule has 33 heavy (non-hydrogen) atoms. The summed E-state index contributed by atoms with van der Waals surface area (Å²) >= 11 is 0. The van der Waals surface area contributed by atoms with E-state index < -0.39 is 17.5 Å². The minimum Gasteiger partial charge on any atom is -0.473 e. The van der Waals surface area contributed by atoms with Crippen LogP contribution in [0.2, 0.25) is 0 Å². The predicted molar refractivity (Wildman–Crippen MR) is 126 cm³/mol. The number of carbonyl (C=O) groups is 2. The molecule has 3 N–H and O–H groups in total. The van der Waals surface area contributed by atoms with Gasteiger partial charge in [0, 0.05) is 25.2 Å². The first-order valence-corrected chi connectivity index (χ1v) is 10.6. The third-order valence-corrected chi connectivity index (χ3v) is 5.38. The Morgan fingerprint density at radius 3 is 1.97 bits per heavy atom. The van der Waals surface area contributed by atoms with Crippen LogP contribution in [0.3, 0.4) is 0 Å². The van der Waals surface area contributed by atoms with Crippen LogP contribution >= 0.6 is 0 Å². The van der Waals surface area contributed by atoms with E-state index >= 15 is 0 Å². The van der Waals surface area contributed by atoms with Crippen molar-refractivity contribution >= 4 is 11.9 Å². The summed E-state index contributed by atoms with van der Waals surface area (Å²) in [5.74, 6) is -3.67. The molecule has 0 spiro atoms. The summed E-state index contributed by atoms with van der Waals surface area (Å²) < 4.78 is 0. The Balaban J connectivity index is 0.000000569. The van der Waals surface area contributed by atoms with Crippen molar-refractivity contribution in [1.29, 1.82) is 0 Å². The standard InChI is InChI=1S/C24H28N2O.C2H2O4/c1-20(19-26(2)18-16-21-11-5-3-6-12-21)24(27,22-13-7-4-8-14-22)23-15-9-10-17-25-23;3-1(4)2(5)6/h3-15,17,20,27H,16,18-19H2,1-2H3;(H,3,4)(H,5,6). The molecule has 3 aromatic rings. The van der Waals surface area contributed by atoms with E-state index in [2.05, 4.69) is 48.1 Å². The van der Waals surface area contributed by atoms with Crippen molar-refractivity contribution in [3.05, 3.63) is 102 Å². The Morgan fingerprint density at radius 2 is 1.45 bits per heavy atom. The second kappa shape index (κ2) is 12.5. The van der Waals surface area contributed by atoms with Crippen molar-refractivity contribution in [2.24, 2.45) is 5.92 Å². The summed E-state index contributed by atoms with van der Waals surface area (Å²) in [4.78, 5) is 25.0. The SMILES string of the molecule is CC(CN(C)CCc1ccccc1)C(O)(c1ccccc1)c1ccccn1.O=C(O)C(=O)O.